The number of nitrogens with zero attached hydrogens (tertiary/aromatic N) is 1. The van der Waals surface area contributed by atoms with Gasteiger partial charge in [-0.15, -0.1) is 23.5 Å². The van der Waals surface area contributed by atoms with E-state index in [1.54, 1.807) is 28.4 Å². The number of rotatable bonds is 9. The van der Waals surface area contributed by atoms with Gasteiger partial charge in [0, 0.05) is 28.5 Å². The molecule has 198 valence electrons. The molecule has 0 unspecified atom stereocenters. The molecule has 1 aliphatic heterocycles. The molecule has 9 heteroatoms. The maximum absolute atomic E-state index is 13.7. The molecule has 4 N–H and O–H groups in total. The summed E-state index contributed by atoms with van der Waals surface area (Å²) in [7, 11) is 0. The van der Waals surface area contributed by atoms with Gasteiger partial charge in [0.15, 0.2) is 0 Å². The molecule has 0 spiro atoms. The summed E-state index contributed by atoms with van der Waals surface area (Å²) in [6, 6.07) is 20.9. The molecule has 0 bridgehead atoms. The lowest BCUT2D eigenvalue weighted by Gasteiger charge is -2.26. The van der Waals surface area contributed by atoms with Gasteiger partial charge in [-0.25, -0.2) is 4.79 Å². The third-order valence-electron chi connectivity index (χ3n) is 6.32. The Morgan fingerprint density at radius 1 is 1.11 bits per heavy atom. The number of anilines is 1. The van der Waals surface area contributed by atoms with Crippen LogP contribution in [0.25, 0.3) is 11.1 Å². The molecule has 0 fully saturated rings. The van der Waals surface area contributed by atoms with Crippen LogP contribution in [0.5, 0.6) is 0 Å². The standard InChI is InChI=1S/C29H32N4O3S2/c1-3-6-27(34)32-24-18-38-26-15-22(37-2)13-14-25(26)33(28(24)35)17-19-9-11-20(12-10-19)23-8-5-4-7-21(23)16-31-29(30)36/h4-5,7-15,24H,3,6,16-18H2,1-2H3,(H,32,34)(H3,30,31,36)/t24-/m1/s1. The number of carbonyl (C=O) groups excluding carboxylic acids is 3. The topological polar surface area (TPSA) is 105 Å². The molecule has 1 atom stereocenters. The van der Waals surface area contributed by atoms with Gasteiger partial charge in [-0.3, -0.25) is 9.59 Å². The van der Waals surface area contributed by atoms with Gasteiger partial charge in [-0.05, 0) is 53.1 Å². The van der Waals surface area contributed by atoms with Gasteiger partial charge >= 0.3 is 6.03 Å². The van der Waals surface area contributed by atoms with Crippen LogP contribution in [0.1, 0.15) is 30.9 Å². The third-order valence-corrected chi connectivity index (χ3v) is 8.18. The molecule has 0 saturated heterocycles. The maximum Gasteiger partial charge on any atom is 0.312 e. The quantitative estimate of drug-likeness (QED) is 0.320. The Kier molecular flexibility index (Phi) is 9.36. The van der Waals surface area contributed by atoms with E-state index >= 15 is 0 Å². The van der Waals surface area contributed by atoms with E-state index in [4.69, 9.17) is 5.73 Å². The molecule has 38 heavy (non-hydrogen) atoms. The number of benzene rings is 3. The summed E-state index contributed by atoms with van der Waals surface area (Å²) >= 11 is 3.27. The molecule has 3 aromatic rings. The van der Waals surface area contributed by atoms with Crippen molar-refractivity contribution in [1.82, 2.24) is 10.6 Å². The van der Waals surface area contributed by atoms with Gasteiger partial charge in [0.05, 0.1) is 12.2 Å². The van der Waals surface area contributed by atoms with Gasteiger partial charge in [-0.2, -0.15) is 0 Å². The Morgan fingerprint density at radius 3 is 2.58 bits per heavy atom. The zero-order chi connectivity index (χ0) is 27.1. The van der Waals surface area contributed by atoms with Crippen molar-refractivity contribution in [2.45, 2.75) is 48.7 Å². The summed E-state index contributed by atoms with van der Waals surface area (Å²) in [6.07, 6.45) is 3.16. The van der Waals surface area contributed by atoms with E-state index in [-0.39, 0.29) is 11.8 Å². The first-order chi connectivity index (χ1) is 18.4. The molecule has 0 aromatic heterocycles. The van der Waals surface area contributed by atoms with Crippen molar-refractivity contribution < 1.29 is 14.4 Å². The van der Waals surface area contributed by atoms with Crippen LogP contribution < -0.4 is 21.3 Å². The summed E-state index contributed by atoms with van der Waals surface area (Å²) in [5, 5.41) is 5.60. The van der Waals surface area contributed by atoms with Crippen molar-refractivity contribution in [3.8, 4) is 11.1 Å². The summed E-state index contributed by atoms with van der Waals surface area (Å²) in [6.45, 7) is 2.68. The minimum absolute atomic E-state index is 0.101. The highest BCUT2D eigenvalue weighted by Gasteiger charge is 2.32. The molecule has 1 heterocycles. The van der Waals surface area contributed by atoms with Crippen molar-refractivity contribution in [3.05, 3.63) is 77.9 Å². The van der Waals surface area contributed by atoms with E-state index in [1.807, 2.05) is 73.8 Å². The minimum atomic E-state index is -0.590. The zero-order valence-electron chi connectivity index (χ0n) is 21.5. The fourth-order valence-electron chi connectivity index (χ4n) is 4.38. The van der Waals surface area contributed by atoms with Gasteiger partial charge in [0.1, 0.15) is 6.04 Å². The maximum atomic E-state index is 13.7. The number of urea groups is 1. The Labute approximate surface area is 231 Å². The van der Waals surface area contributed by atoms with Crippen molar-refractivity contribution in [3.63, 3.8) is 0 Å². The number of thioether (sulfide) groups is 2. The Bertz CT molecular complexity index is 1310. The summed E-state index contributed by atoms with van der Waals surface area (Å²) in [4.78, 5) is 41.2. The van der Waals surface area contributed by atoms with Crippen LogP contribution in [0.3, 0.4) is 0 Å². The molecule has 7 nitrogen and oxygen atoms in total. The first-order valence-corrected chi connectivity index (χ1v) is 14.7. The molecule has 0 aliphatic carbocycles. The van der Waals surface area contributed by atoms with Crippen LogP contribution in [0.2, 0.25) is 0 Å². The van der Waals surface area contributed by atoms with Crippen LogP contribution in [0.15, 0.2) is 76.5 Å². The van der Waals surface area contributed by atoms with E-state index < -0.39 is 12.1 Å². The number of hydrogen-bond acceptors (Lipinski definition) is 5. The monoisotopic (exact) mass is 548 g/mol. The van der Waals surface area contributed by atoms with Crippen molar-refractivity contribution in [2.75, 3.05) is 16.9 Å². The Morgan fingerprint density at radius 2 is 1.87 bits per heavy atom. The van der Waals surface area contributed by atoms with Crippen molar-refractivity contribution in [1.29, 1.82) is 0 Å². The molecular formula is C29H32N4O3S2. The molecule has 3 aromatic carbocycles. The number of nitrogens with one attached hydrogen (secondary N) is 2. The second kappa shape index (κ2) is 12.9. The summed E-state index contributed by atoms with van der Waals surface area (Å²) in [5.41, 5.74) is 10.1. The van der Waals surface area contributed by atoms with E-state index in [9.17, 15) is 14.4 Å². The number of nitrogens with two attached hydrogens (primary N) is 1. The Balaban J connectivity index is 1.61. The van der Waals surface area contributed by atoms with Crippen molar-refractivity contribution in [2.24, 2.45) is 5.73 Å². The van der Waals surface area contributed by atoms with Crippen molar-refractivity contribution >= 4 is 47.1 Å². The van der Waals surface area contributed by atoms with E-state index in [0.29, 0.717) is 25.3 Å². The van der Waals surface area contributed by atoms with Crippen LogP contribution in [-0.2, 0) is 22.7 Å². The fraction of sp³-hybridized carbons (Fsp3) is 0.276. The second-order valence-corrected chi connectivity index (χ2v) is 11.0. The number of primary amides is 1. The number of hydrogen-bond donors (Lipinski definition) is 3. The first kappa shape index (κ1) is 27.6. The number of fused-ring (bicyclic) bond motifs is 1. The van der Waals surface area contributed by atoms with Crippen LogP contribution in [0, 0.1) is 0 Å². The largest absolute Gasteiger partial charge is 0.352 e. The lowest BCUT2D eigenvalue weighted by atomic mass is 9.98. The summed E-state index contributed by atoms with van der Waals surface area (Å²) < 4.78 is 0. The SMILES string of the molecule is CCCC(=O)N[C@@H]1CSc2cc(SC)ccc2N(Cc2ccc(-c3ccccc3CNC(N)=O)cc2)C1=O. The molecule has 0 radical (unpaired) electrons. The number of carbonyl (C=O) groups is 3. The highest BCUT2D eigenvalue weighted by Crippen LogP contribution is 2.38. The first-order valence-electron chi connectivity index (χ1n) is 12.5. The summed E-state index contributed by atoms with van der Waals surface area (Å²) in [5.74, 6) is 0.283. The third kappa shape index (κ3) is 6.71. The highest BCUT2D eigenvalue weighted by atomic mass is 32.2. The Hall–Kier alpha value is -3.43. The number of amides is 4. The molecule has 0 saturated carbocycles. The second-order valence-electron chi connectivity index (χ2n) is 9.01. The van der Waals surface area contributed by atoms with Crippen LogP contribution >= 0.6 is 23.5 Å². The van der Waals surface area contributed by atoms with Gasteiger partial charge in [-0.1, -0.05) is 55.5 Å². The van der Waals surface area contributed by atoms with Gasteiger partial charge < -0.3 is 21.3 Å². The average Bonchev–Trinajstić information content (AvgIpc) is 3.04. The van der Waals surface area contributed by atoms with Crippen LogP contribution in [0.4, 0.5) is 10.5 Å². The minimum Gasteiger partial charge on any atom is -0.352 e. The van der Waals surface area contributed by atoms with E-state index in [1.165, 1.54) is 0 Å². The smallest absolute Gasteiger partial charge is 0.312 e. The predicted molar refractivity (Wildman–Crippen MR) is 155 cm³/mol. The molecule has 1 aliphatic rings. The normalized spacial score (nSPS) is 14.9. The zero-order valence-corrected chi connectivity index (χ0v) is 23.2. The highest BCUT2D eigenvalue weighted by molar-refractivity contribution is 8.00. The van der Waals surface area contributed by atoms with Gasteiger partial charge in [0.25, 0.3) is 5.91 Å². The van der Waals surface area contributed by atoms with Gasteiger partial charge in [0.2, 0.25) is 5.91 Å². The van der Waals surface area contributed by atoms with Crippen LogP contribution in [-0.4, -0.2) is 35.9 Å². The lowest BCUT2D eigenvalue weighted by molar-refractivity contribution is -0.127. The van der Waals surface area contributed by atoms with E-state index in [0.717, 1.165) is 44.2 Å². The molecule has 4 rings (SSSR count). The fourth-order valence-corrected chi connectivity index (χ4v) is 6.00. The predicted octanol–water partition coefficient (Wildman–Crippen LogP) is 5.17. The molecule has 4 amide bonds. The lowest BCUT2D eigenvalue weighted by Crippen LogP contribution is -2.49. The average molecular weight is 549 g/mol. The van der Waals surface area contributed by atoms with E-state index in [2.05, 4.69) is 16.7 Å². The molecular weight excluding hydrogens is 516 g/mol.